The smallest absolute Gasteiger partial charge is 0.325 e. The summed E-state index contributed by atoms with van der Waals surface area (Å²) < 4.78 is 10.5. The summed E-state index contributed by atoms with van der Waals surface area (Å²) in [6.45, 7) is 6.83. The molecule has 6 heteroatoms. The summed E-state index contributed by atoms with van der Waals surface area (Å²) in [6.07, 6.45) is 0. The summed E-state index contributed by atoms with van der Waals surface area (Å²) in [5.41, 5.74) is -0.233. The summed E-state index contributed by atoms with van der Waals surface area (Å²) in [5, 5.41) is 5.39. The van der Waals surface area contributed by atoms with Crippen LogP contribution in [0.5, 0.6) is 0 Å². The van der Waals surface area contributed by atoms with Crippen LogP contribution < -0.4 is 10.6 Å². The van der Waals surface area contributed by atoms with Gasteiger partial charge in [-0.15, -0.1) is 0 Å². The Hall–Kier alpha value is -1.14. The quantitative estimate of drug-likeness (QED) is 0.512. The molecule has 1 amide bonds. The van der Waals surface area contributed by atoms with Crippen LogP contribution >= 0.6 is 0 Å². The van der Waals surface area contributed by atoms with Gasteiger partial charge in [-0.2, -0.15) is 0 Å². The van der Waals surface area contributed by atoms with Crippen LogP contribution in [0, 0.1) is 0 Å². The van der Waals surface area contributed by atoms with Crippen molar-refractivity contribution in [2.45, 2.75) is 32.4 Å². The van der Waals surface area contributed by atoms with Crippen LogP contribution in [-0.2, 0) is 19.1 Å². The number of esters is 1. The SMILES string of the molecule is CC(C)(C)OCCOC(=O)C1CNC(=O)CN1. The maximum absolute atomic E-state index is 11.5. The molecule has 0 spiro atoms. The van der Waals surface area contributed by atoms with E-state index in [1.54, 1.807) is 0 Å². The van der Waals surface area contributed by atoms with Gasteiger partial charge in [0.15, 0.2) is 0 Å². The predicted octanol–water partition coefficient (Wildman–Crippen LogP) is -0.567. The normalized spacial score (nSPS) is 20.9. The lowest BCUT2D eigenvalue weighted by molar-refractivity contribution is -0.150. The molecule has 17 heavy (non-hydrogen) atoms. The van der Waals surface area contributed by atoms with Crippen molar-refractivity contribution in [3.05, 3.63) is 0 Å². The summed E-state index contributed by atoms with van der Waals surface area (Å²) in [5.74, 6) is -0.465. The highest BCUT2D eigenvalue weighted by molar-refractivity contribution is 5.83. The van der Waals surface area contributed by atoms with E-state index in [2.05, 4.69) is 10.6 Å². The summed E-state index contributed by atoms with van der Waals surface area (Å²) >= 11 is 0. The first kappa shape index (κ1) is 13.9. The van der Waals surface area contributed by atoms with Gasteiger partial charge in [-0.3, -0.25) is 14.9 Å². The molecule has 6 nitrogen and oxygen atoms in total. The van der Waals surface area contributed by atoms with Crippen LogP contribution in [-0.4, -0.2) is 49.8 Å². The number of ether oxygens (including phenoxy) is 2. The van der Waals surface area contributed by atoms with E-state index in [1.165, 1.54) is 0 Å². The van der Waals surface area contributed by atoms with E-state index in [0.29, 0.717) is 6.61 Å². The highest BCUT2D eigenvalue weighted by Crippen LogP contribution is 2.05. The minimum absolute atomic E-state index is 0.106. The Balaban J connectivity index is 2.15. The van der Waals surface area contributed by atoms with E-state index in [0.717, 1.165) is 0 Å². The lowest BCUT2D eigenvalue weighted by Crippen LogP contribution is -2.55. The number of carbonyl (C=O) groups is 2. The first-order valence-electron chi connectivity index (χ1n) is 5.69. The molecular formula is C11H20N2O4. The molecule has 1 aliphatic rings. The number of nitrogens with one attached hydrogen (secondary N) is 2. The van der Waals surface area contributed by atoms with Gasteiger partial charge >= 0.3 is 5.97 Å². The van der Waals surface area contributed by atoms with Crippen LogP contribution in [0.1, 0.15) is 20.8 Å². The van der Waals surface area contributed by atoms with Gasteiger partial charge in [0.2, 0.25) is 5.91 Å². The molecule has 1 fully saturated rings. The molecule has 0 radical (unpaired) electrons. The molecule has 1 aliphatic heterocycles. The molecular weight excluding hydrogens is 224 g/mol. The molecule has 0 aliphatic carbocycles. The number of amides is 1. The van der Waals surface area contributed by atoms with Crippen molar-refractivity contribution in [3.63, 3.8) is 0 Å². The Kier molecular flexibility index (Phi) is 4.89. The third-order valence-corrected chi connectivity index (χ3v) is 2.16. The second kappa shape index (κ2) is 5.97. The largest absolute Gasteiger partial charge is 0.462 e. The fraction of sp³-hybridized carbons (Fsp3) is 0.818. The summed E-state index contributed by atoms with van der Waals surface area (Å²) in [4.78, 5) is 22.4. The van der Waals surface area contributed by atoms with Crippen molar-refractivity contribution < 1.29 is 19.1 Å². The van der Waals surface area contributed by atoms with Gasteiger partial charge < -0.3 is 14.8 Å². The van der Waals surface area contributed by atoms with Gasteiger partial charge in [0.05, 0.1) is 18.8 Å². The van der Waals surface area contributed by atoms with E-state index in [1.807, 2.05) is 20.8 Å². The lowest BCUT2D eigenvalue weighted by Gasteiger charge is -2.23. The van der Waals surface area contributed by atoms with Crippen LogP contribution in [0.15, 0.2) is 0 Å². The predicted molar refractivity (Wildman–Crippen MR) is 61.5 cm³/mol. The van der Waals surface area contributed by atoms with Crippen molar-refractivity contribution in [3.8, 4) is 0 Å². The Morgan fingerprint density at radius 3 is 2.65 bits per heavy atom. The van der Waals surface area contributed by atoms with Gasteiger partial charge in [0, 0.05) is 6.54 Å². The zero-order chi connectivity index (χ0) is 12.9. The van der Waals surface area contributed by atoms with Crippen molar-refractivity contribution in [1.82, 2.24) is 10.6 Å². The van der Waals surface area contributed by atoms with Gasteiger partial charge in [-0.05, 0) is 20.8 Å². The molecule has 0 saturated carbocycles. The molecule has 0 aromatic rings. The fourth-order valence-electron chi connectivity index (χ4n) is 1.32. The second-order valence-corrected chi connectivity index (χ2v) is 4.87. The van der Waals surface area contributed by atoms with Crippen LogP contribution in [0.4, 0.5) is 0 Å². The first-order chi connectivity index (χ1) is 7.88. The average molecular weight is 244 g/mol. The molecule has 0 aromatic heterocycles. The summed E-state index contributed by atoms with van der Waals surface area (Å²) in [6, 6.07) is -0.456. The fourth-order valence-corrected chi connectivity index (χ4v) is 1.32. The highest BCUT2D eigenvalue weighted by atomic mass is 16.6. The number of hydrogen-bond acceptors (Lipinski definition) is 5. The maximum atomic E-state index is 11.5. The molecule has 98 valence electrons. The van der Waals surface area contributed by atoms with Crippen LogP contribution in [0.2, 0.25) is 0 Å². The monoisotopic (exact) mass is 244 g/mol. The Labute approximate surface area is 101 Å². The zero-order valence-corrected chi connectivity index (χ0v) is 10.5. The van der Waals surface area contributed by atoms with E-state index < -0.39 is 6.04 Å². The first-order valence-corrected chi connectivity index (χ1v) is 5.69. The van der Waals surface area contributed by atoms with Crippen molar-refractivity contribution in [2.75, 3.05) is 26.3 Å². The Bertz CT molecular complexity index is 276. The van der Waals surface area contributed by atoms with E-state index in [9.17, 15) is 9.59 Å². The Morgan fingerprint density at radius 2 is 2.12 bits per heavy atom. The highest BCUT2D eigenvalue weighted by Gasteiger charge is 2.24. The lowest BCUT2D eigenvalue weighted by atomic mass is 10.2. The number of piperazine rings is 1. The molecule has 2 N–H and O–H groups in total. The molecule has 0 bridgehead atoms. The number of carbonyl (C=O) groups excluding carboxylic acids is 2. The number of hydrogen-bond donors (Lipinski definition) is 2. The van der Waals surface area contributed by atoms with Crippen LogP contribution in [0.3, 0.4) is 0 Å². The average Bonchev–Trinajstić information content (AvgIpc) is 2.24. The topological polar surface area (TPSA) is 76.7 Å². The minimum Gasteiger partial charge on any atom is -0.462 e. The molecule has 1 unspecified atom stereocenters. The van der Waals surface area contributed by atoms with Crippen LogP contribution in [0.25, 0.3) is 0 Å². The second-order valence-electron chi connectivity index (χ2n) is 4.87. The van der Waals surface area contributed by atoms with E-state index in [4.69, 9.17) is 9.47 Å². The van der Waals surface area contributed by atoms with Gasteiger partial charge in [0.1, 0.15) is 12.6 Å². The van der Waals surface area contributed by atoms with Crippen molar-refractivity contribution in [2.24, 2.45) is 0 Å². The molecule has 0 aromatic carbocycles. The van der Waals surface area contributed by atoms with E-state index in [-0.39, 0.29) is 37.2 Å². The molecule has 1 atom stereocenters. The van der Waals surface area contributed by atoms with Gasteiger partial charge in [-0.1, -0.05) is 0 Å². The van der Waals surface area contributed by atoms with Gasteiger partial charge in [-0.25, -0.2) is 0 Å². The third-order valence-electron chi connectivity index (χ3n) is 2.16. The van der Waals surface area contributed by atoms with Crippen molar-refractivity contribution in [1.29, 1.82) is 0 Å². The van der Waals surface area contributed by atoms with Gasteiger partial charge in [0.25, 0.3) is 0 Å². The third kappa shape index (κ3) is 5.65. The minimum atomic E-state index is -0.456. The maximum Gasteiger partial charge on any atom is 0.325 e. The van der Waals surface area contributed by atoms with E-state index >= 15 is 0 Å². The summed E-state index contributed by atoms with van der Waals surface area (Å²) in [7, 11) is 0. The number of rotatable bonds is 4. The van der Waals surface area contributed by atoms with Crippen molar-refractivity contribution >= 4 is 11.9 Å². The molecule has 1 saturated heterocycles. The molecule has 1 heterocycles. The Morgan fingerprint density at radius 1 is 1.41 bits per heavy atom. The molecule has 1 rings (SSSR count). The zero-order valence-electron chi connectivity index (χ0n) is 10.5. The standard InChI is InChI=1S/C11H20N2O4/c1-11(2,3)17-5-4-16-10(15)8-6-13-9(14)7-12-8/h8,12H,4-7H2,1-3H3,(H,13,14).